The molecule has 0 amide bonds. The summed E-state index contributed by atoms with van der Waals surface area (Å²) in [6, 6.07) is 9.97. The van der Waals surface area contributed by atoms with Crippen molar-refractivity contribution in [3.63, 3.8) is 0 Å². The highest BCUT2D eigenvalue weighted by atomic mass is 35.5. The first-order valence-corrected chi connectivity index (χ1v) is 13.7. The lowest BCUT2D eigenvalue weighted by Gasteiger charge is -2.30. The van der Waals surface area contributed by atoms with Crippen LogP contribution in [-0.2, 0) is 20.5 Å². The van der Waals surface area contributed by atoms with E-state index in [0.717, 1.165) is 19.8 Å². The van der Waals surface area contributed by atoms with Crippen molar-refractivity contribution in [1.82, 2.24) is 14.5 Å². The van der Waals surface area contributed by atoms with Gasteiger partial charge in [0.1, 0.15) is 29.8 Å². The molecule has 3 aromatic rings. The van der Waals surface area contributed by atoms with E-state index in [0.29, 0.717) is 16.9 Å². The monoisotopic (exact) mass is 554 g/mol. The van der Waals surface area contributed by atoms with Crippen molar-refractivity contribution in [2.75, 3.05) is 18.5 Å². The zero-order valence-electron chi connectivity index (χ0n) is 19.8. The number of ether oxygens (including phenoxy) is 2. The number of fused-ring (bicyclic) bond motifs is 2. The summed E-state index contributed by atoms with van der Waals surface area (Å²) in [4.78, 5) is 27.7. The number of nitrogens with one attached hydrogen (secondary N) is 1. The Morgan fingerprint density at radius 2 is 2.00 bits per heavy atom. The van der Waals surface area contributed by atoms with Crippen molar-refractivity contribution < 1.29 is 39.1 Å². The minimum atomic E-state index is -4.84. The summed E-state index contributed by atoms with van der Waals surface area (Å²) in [5, 5.41) is 32.6. The van der Waals surface area contributed by atoms with Crippen LogP contribution in [0.3, 0.4) is 0 Å². The Morgan fingerprint density at radius 3 is 2.73 bits per heavy atom. The molecule has 37 heavy (non-hydrogen) atoms. The van der Waals surface area contributed by atoms with E-state index in [4.69, 9.17) is 21.1 Å². The molecular weight excluding hydrogens is 527 g/mol. The van der Waals surface area contributed by atoms with Crippen LogP contribution in [0.5, 0.6) is 0 Å². The molecule has 0 saturated carbocycles. The van der Waals surface area contributed by atoms with Crippen molar-refractivity contribution in [2.24, 2.45) is 0 Å². The lowest BCUT2D eigenvalue weighted by atomic mass is 10.1. The van der Waals surface area contributed by atoms with Gasteiger partial charge < -0.3 is 44.5 Å². The molecule has 1 aliphatic heterocycles. The molecule has 12 nitrogen and oxygen atoms in total. The molecule has 5 rings (SSSR count). The van der Waals surface area contributed by atoms with Crippen LogP contribution >= 0.6 is 19.2 Å². The summed E-state index contributed by atoms with van der Waals surface area (Å²) in [5.41, 5.74) is 2.83. The third-order valence-electron chi connectivity index (χ3n) is 7.07. The second-order valence-electron chi connectivity index (χ2n) is 9.47. The van der Waals surface area contributed by atoms with Crippen molar-refractivity contribution in [1.29, 1.82) is 0 Å². The van der Waals surface area contributed by atoms with Crippen molar-refractivity contribution in [3.05, 3.63) is 52.9 Å². The number of aliphatic hydroxyl groups excluding tert-OH is 3. The molecule has 200 valence electrons. The van der Waals surface area contributed by atoms with Gasteiger partial charge in [-0.1, -0.05) is 24.3 Å². The Hall–Kier alpha value is -2.12. The Morgan fingerprint density at radius 1 is 1.24 bits per heavy atom. The summed E-state index contributed by atoms with van der Waals surface area (Å²) >= 11 is 6.25. The minimum Gasteiger partial charge on any atom is -0.393 e. The number of aliphatic hydroxyl groups is 3. The molecule has 1 fully saturated rings. The Balaban J connectivity index is 1.39. The largest absolute Gasteiger partial charge is 0.393 e. The molecule has 0 bridgehead atoms. The molecule has 14 heteroatoms. The van der Waals surface area contributed by atoms with Crippen molar-refractivity contribution in [3.8, 4) is 0 Å². The average molecular weight is 555 g/mol. The third kappa shape index (κ3) is 4.78. The maximum atomic E-state index is 11.7. The van der Waals surface area contributed by atoms with Gasteiger partial charge in [0.15, 0.2) is 11.6 Å². The van der Waals surface area contributed by atoms with Crippen LogP contribution in [0.1, 0.15) is 36.7 Å². The van der Waals surface area contributed by atoms with Gasteiger partial charge in [-0.3, -0.25) is 4.57 Å². The average Bonchev–Trinajstić information content (AvgIpc) is 3.54. The fourth-order valence-electron chi connectivity index (χ4n) is 4.77. The Bertz CT molecular complexity index is 1350. The molecule has 1 aliphatic carbocycles. The van der Waals surface area contributed by atoms with E-state index < -0.39 is 50.7 Å². The van der Waals surface area contributed by atoms with E-state index >= 15 is 0 Å². The number of nitrogens with zero attached hydrogens (tertiary/aromatic N) is 3. The zero-order valence-corrected chi connectivity index (χ0v) is 21.5. The van der Waals surface area contributed by atoms with E-state index in [1.807, 2.05) is 12.1 Å². The van der Waals surface area contributed by atoms with Crippen LogP contribution in [-0.4, -0.2) is 76.5 Å². The fraction of sp³-hybridized carbons (Fsp3) is 0.478. The molecule has 2 aliphatic rings. The van der Waals surface area contributed by atoms with Crippen LogP contribution < -0.4 is 5.32 Å². The van der Waals surface area contributed by atoms with Gasteiger partial charge in [-0.25, -0.2) is 4.98 Å². The second-order valence-corrected chi connectivity index (χ2v) is 11.8. The molecule has 0 radical (unpaired) electrons. The number of benzene rings is 1. The zero-order chi connectivity index (χ0) is 26.5. The first-order chi connectivity index (χ1) is 17.5. The highest BCUT2D eigenvalue weighted by Gasteiger charge is 2.48. The summed E-state index contributed by atoms with van der Waals surface area (Å²) < 4.78 is 24.3. The number of hydrogen-bond donors (Lipinski definition) is 6. The topological polar surface area (TPSA) is 179 Å². The van der Waals surface area contributed by atoms with Gasteiger partial charge >= 0.3 is 7.60 Å². The molecule has 1 saturated heterocycles. The van der Waals surface area contributed by atoms with Crippen molar-refractivity contribution in [2.45, 2.75) is 55.7 Å². The van der Waals surface area contributed by atoms with Gasteiger partial charge in [-0.2, -0.15) is 4.98 Å². The molecule has 3 heterocycles. The highest BCUT2D eigenvalue weighted by molar-refractivity contribution is 7.53. The molecule has 2 aromatic heterocycles. The summed E-state index contributed by atoms with van der Waals surface area (Å²) in [7, 11) is -4.84. The quantitative estimate of drug-likeness (QED) is 0.176. The van der Waals surface area contributed by atoms with E-state index in [9.17, 15) is 29.7 Å². The number of hydrogen-bond acceptors (Lipinski definition) is 9. The van der Waals surface area contributed by atoms with E-state index in [2.05, 4.69) is 27.4 Å². The summed E-state index contributed by atoms with van der Waals surface area (Å²) in [5.74, 6) is 0.517. The normalized spacial score (nSPS) is 27.4. The number of aromatic nitrogens is 3. The Kier molecular flexibility index (Phi) is 7.07. The fourth-order valence-corrected chi connectivity index (χ4v) is 5.37. The van der Waals surface area contributed by atoms with Gasteiger partial charge in [0.2, 0.25) is 5.28 Å². The molecule has 0 spiro atoms. The molecule has 6 N–H and O–H groups in total. The second kappa shape index (κ2) is 9.88. The number of halogens is 1. The Labute approximate surface area is 217 Å². The molecular formula is C23H28ClN4O8P. The van der Waals surface area contributed by atoms with Gasteiger partial charge in [0.25, 0.3) is 0 Å². The maximum Gasteiger partial charge on any atom is 0.359 e. The maximum absolute atomic E-state index is 11.7. The third-order valence-corrected chi connectivity index (χ3v) is 8.74. The molecule has 6 atom stereocenters. The van der Waals surface area contributed by atoms with Gasteiger partial charge in [0.05, 0.1) is 24.6 Å². The summed E-state index contributed by atoms with van der Waals surface area (Å²) in [6.07, 6.45) is -1.62. The first-order valence-electron chi connectivity index (χ1n) is 11.7. The summed E-state index contributed by atoms with van der Waals surface area (Å²) in [6.45, 7) is -0.386. The van der Waals surface area contributed by atoms with Crippen molar-refractivity contribution >= 4 is 36.0 Å². The predicted octanol–water partition coefficient (Wildman–Crippen LogP) is 1.71. The number of aryl methyl sites for hydroxylation is 1. The van der Waals surface area contributed by atoms with Gasteiger partial charge in [0, 0.05) is 6.20 Å². The van der Waals surface area contributed by atoms with Crippen LogP contribution in [0, 0.1) is 0 Å². The van der Waals surface area contributed by atoms with Crippen LogP contribution in [0.25, 0.3) is 11.0 Å². The van der Waals surface area contributed by atoms with E-state index in [1.54, 1.807) is 12.3 Å². The van der Waals surface area contributed by atoms with Crippen LogP contribution in [0.4, 0.5) is 5.82 Å². The van der Waals surface area contributed by atoms with E-state index in [1.165, 1.54) is 15.7 Å². The first kappa shape index (κ1) is 26.5. The lowest BCUT2D eigenvalue weighted by Crippen LogP contribution is -2.39. The van der Waals surface area contributed by atoms with Crippen LogP contribution in [0.2, 0.25) is 5.28 Å². The van der Waals surface area contributed by atoms with Gasteiger partial charge in [-0.15, -0.1) is 0 Å². The standard InChI is InChI=1S/C23H28ClN4O8P/c1-23(11-29,37(32,33)34)35-10-16-17(30)18(31)21(36-16)28-9-8-14-19(26-22(24)27-20(14)28)25-15-7-6-12-4-2-3-5-13(12)15/h2-5,8-9,15-18,21,29-31H,6-7,10-11H2,1H3,(H,25,26,27)(H2,32,33,34)/t15?,16-,17-,18-,21-,23?/m1/s1. The highest BCUT2D eigenvalue weighted by Crippen LogP contribution is 2.51. The van der Waals surface area contributed by atoms with E-state index in [-0.39, 0.29) is 11.3 Å². The van der Waals surface area contributed by atoms with Gasteiger partial charge in [-0.05, 0) is 48.6 Å². The minimum absolute atomic E-state index is 0.0190. The SMILES string of the molecule is CC(CO)(OC[C@H]1O[C@@H](n2ccc3c(NC4CCc5ccccc54)nc(Cl)nc32)[C@H](O)[C@@H]1O)P(=O)(O)O. The molecule has 1 aromatic carbocycles. The van der Waals surface area contributed by atoms with Crippen LogP contribution in [0.15, 0.2) is 36.5 Å². The lowest BCUT2D eigenvalue weighted by molar-refractivity contribution is -0.102. The predicted molar refractivity (Wildman–Crippen MR) is 133 cm³/mol. The number of rotatable bonds is 8. The molecule has 2 unspecified atom stereocenters. The smallest absolute Gasteiger partial charge is 0.359 e. The number of anilines is 1.